The molecule has 1 amide bonds. The van der Waals surface area contributed by atoms with Crippen LogP contribution < -0.4 is 0 Å². The van der Waals surface area contributed by atoms with Gasteiger partial charge in [-0.25, -0.2) is 4.79 Å². The Balaban J connectivity index is 1.71. The van der Waals surface area contributed by atoms with Crippen LogP contribution in [0.1, 0.15) is 73.6 Å². The summed E-state index contributed by atoms with van der Waals surface area (Å²) >= 11 is 0. The molecule has 0 aromatic rings. The molecule has 2 fully saturated rings. The van der Waals surface area contributed by atoms with E-state index in [1.165, 1.54) is 0 Å². The van der Waals surface area contributed by atoms with Crippen molar-refractivity contribution in [2.45, 2.75) is 116 Å². The highest BCUT2D eigenvalue weighted by molar-refractivity contribution is 5.70. The molecule has 3 aliphatic rings. The average Bonchev–Trinajstić information content (AvgIpc) is 3.74. The van der Waals surface area contributed by atoms with E-state index in [1.54, 1.807) is 17.9 Å². The summed E-state index contributed by atoms with van der Waals surface area (Å²) in [5, 5.41) is 31.9. The second kappa shape index (κ2) is 16.2. The number of cyclic esters (lactones) is 1. The van der Waals surface area contributed by atoms with E-state index in [0.717, 1.165) is 12.0 Å². The molecule has 3 aliphatic heterocycles. The molecule has 3 heterocycles. The van der Waals surface area contributed by atoms with Gasteiger partial charge in [0, 0.05) is 24.9 Å². The molecule has 0 aromatic carbocycles. The van der Waals surface area contributed by atoms with Crippen LogP contribution in [0.5, 0.6) is 0 Å². The molecule has 0 aromatic heterocycles. The lowest BCUT2D eigenvalue weighted by Gasteiger charge is -2.35. The van der Waals surface area contributed by atoms with E-state index >= 15 is 0 Å². The van der Waals surface area contributed by atoms with E-state index < -0.39 is 36.0 Å². The van der Waals surface area contributed by atoms with E-state index in [4.69, 9.17) is 18.9 Å². The van der Waals surface area contributed by atoms with Crippen LogP contribution in [0.15, 0.2) is 36.0 Å². The molecular weight excluding hydrogens is 554 g/mol. The van der Waals surface area contributed by atoms with Gasteiger partial charge in [-0.3, -0.25) is 4.79 Å². The minimum atomic E-state index is -1.46. The molecule has 2 saturated heterocycles. The fraction of sp³-hybridized carbons (Fsp3) is 0.758. The Morgan fingerprint density at radius 2 is 1.95 bits per heavy atom. The van der Waals surface area contributed by atoms with Gasteiger partial charge in [0.05, 0.1) is 44.1 Å². The van der Waals surface area contributed by atoms with Crippen LogP contribution in [-0.4, -0.2) is 101 Å². The van der Waals surface area contributed by atoms with Crippen molar-refractivity contribution in [2.24, 2.45) is 17.8 Å². The summed E-state index contributed by atoms with van der Waals surface area (Å²) in [5.41, 5.74) is -0.646. The zero-order chi connectivity index (χ0) is 31.7. The number of ether oxygens (including phenoxy) is 4. The minimum absolute atomic E-state index is 0.0967. The van der Waals surface area contributed by atoms with Crippen molar-refractivity contribution in [1.29, 1.82) is 0 Å². The monoisotopic (exact) mass is 607 g/mol. The maximum absolute atomic E-state index is 12.9. The van der Waals surface area contributed by atoms with Gasteiger partial charge in [-0.05, 0) is 57.1 Å². The Morgan fingerprint density at radius 1 is 1.26 bits per heavy atom. The molecule has 10 nitrogen and oxygen atoms in total. The van der Waals surface area contributed by atoms with E-state index in [-0.39, 0.29) is 55.3 Å². The van der Waals surface area contributed by atoms with Crippen LogP contribution in [-0.2, 0) is 23.7 Å². The minimum Gasteiger partial charge on any atom is -0.457 e. The fourth-order valence-corrected chi connectivity index (χ4v) is 5.72. The van der Waals surface area contributed by atoms with Crippen LogP contribution in [0.25, 0.3) is 0 Å². The number of aliphatic hydroxyl groups excluding tert-OH is 2. The zero-order valence-corrected chi connectivity index (χ0v) is 26.7. The average molecular weight is 608 g/mol. The maximum Gasteiger partial charge on any atom is 0.410 e. The van der Waals surface area contributed by atoms with Crippen molar-refractivity contribution in [3.05, 3.63) is 36.0 Å². The first-order valence-corrected chi connectivity index (χ1v) is 15.8. The number of carbonyl (C=O) groups excluding carboxylic acids is 2. The number of hydrogen-bond acceptors (Lipinski definition) is 9. The largest absolute Gasteiger partial charge is 0.457 e. The molecule has 3 rings (SSSR count). The second-order valence-electron chi connectivity index (χ2n) is 12.8. The molecule has 0 spiro atoms. The predicted octanol–water partition coefficient (Wildman–Crippen LogP) is 3.93. The quantitative estimate of drug-likeness (QED) is 0.154. The number of aliphatic hydroxyl groups is 3. The van der Waals surface area contributed by atoms with E-state index in [2.05, 4.69) is 13.0 Å². The maximum atomic E-state index is 12.9. The molecule has 0 bridgehead atoms. The van der Waals surface area contributed by atoms with Gasteiger partial charge < -0.3 is 39.2 Å². The van der Waals surface area contributed by atoms with Crippen molar-refractivity contribution in [1.82, 2.24) is 4.90 Å². The Bertz CT molecular complexity index is 1000. The zero-order valence-electron chi connectivity index (χ0n) is 26.7. The normalized spacial score (nSPS) is 35.0. The number of esters is 1. The van der Waals surface area contributed by atoms with Gasteiger partial charge in [0.15, 0.2) is 6.10 Å². The van der Waals surface area contributed by atoms with Gasteiger partial charge in [0.25, 0.3) is 0 Å². The number of morpholine rings is 1. The summed E-state index contributed by atoms with van der Waals surface area (Å²) in [7, 11) is 0. The lowest BCUT2D eigenvalue weighted by Crippen LogP contribution is -2.47. The Labute approximate surface area is 256 Å². The lowest BCUT2D eigenvalue weighted by atomic mass is 9.88. The van der Waals surface area contributed by atoms with Crippen molar-refractivity contribution < 1.29 is 43.9 Å². The third-order valence-corrected chi connectivity index (χ3v) is 8.84. The van der Waals surface area contributed by atoms with Crippen molar-refractivity contribution >= 4 is 12.1 Å². The SMILES string of the molecule is CCC(O)C(C)C1OC1CC(C)C=CC=C(C)C1OC(=O)CC(O)CCC(C)(O)C(OC(=O)N2CCOCC2)C=CC1C. The molecule has 10 heteroatoms. The highest BCUT2D eigenvalue weighted by Crippen LogP contribution is 2.36. The summed E-state index contributed by atoms with van der Waals surface area (Å²) in [6.45, 7) is 13.2. The molecule has 43 heavy (non-hydrogen) atoms. The number of rotatable bonds is 9. The van der Waals surface area contributed by atoms with Crippen LogP contribution in [0.3, 0.4) is 0 Å². The smallest absolute Gasteiger partial charge is 0.410 e. The predicted molar refractivity (Wildman–Crippen MR) is 162 cm³/mol. The third kappa shape index (κ3) is 10.7. The van der Waals surface area contributed by atoms with Crippen molar-refractivity contribution in [3.8, 4) is 0 Å². The first kappa shape index (κ1) is 35.2. The number of amides is 1. The number of nitrogens with zero attached hydrogens (tertiary/aromatic N) is 1. The Kier molecular flexibility index (Phi) is 13.3. The van der Waals surface area contributed by atoms with E-state index in [9.17, 15) is 24.9 Å². The van der Waals surface area contributed by atoms with Crippen LogP contribution >= 0.6 is 0 Å². The molecular formula is C33H53NO9. The van der Waals surface area contributed by atoms with Crippen molar-refractivity contribution in [3.63, 3.8) is 0 Å². The molecule has 10 unspecified atom stereocenters. The standard InChI is InChI=1S/C33H53NO9/c1-7-26(36)24(5)31-27(41-31)19-21(2)9-8-10-22(3)30-23(4)11-12-28(42-32(38)34-15-17-40-18-16-34)33(6,39)14-13-25(35)20-29(37)43-30/h8-12,21,23-28,30-31,35-36,39H,7,13-20H2,1-6H3. The molecule has 244 valence electrons. The van der Waals surface area contributed by atoms with Crippen molar-refractivity contribution in [2.75, 3.05) is 26.3 Å². The Hall–Kier alpha value is -2.24. The van der Waals surface area contributed by atoms with Gasteiger partial charge in [0.1, 0.15) is 11.7 Å². The topological polar surface area (TPSA) is 138 Å². The molecule has 0 radical (unpaired) electrons. The first-order chi connectivity index (χ1) is 20.3. The van der Waals surface area contributed by atoms with E-state index in [1.807, 2.05) is 45.9 Å². The van der Waals surface area contributed by atoms with Crippen LogP contribution in [0.4, 0.5) is 4.79 Å². The highest BCUT2D eigenvalue weighted by Gasteiger charge is 2.45. The molecule has 3 N–H and O–H groups in total. The summed E-state index contributed by atoms with van der Waals surface area (Å²) in [5.74, 6) is -0.461. The van der Waals surface area contributed by atoms with Gasteiger partial charge >= 0.3 is 12.1 Å². The number of hydrogen-bond donors (Lipinski definition) is 3. The van der Waals surface area contributed by atoms with E-state index in [0.29, 0.717) is 32.7 Å². The summed E-state index contributed by atoms with van der Waals surface area (Å²) < 4.78 is 22.8. The molecule has 0 saturated carbocycles. The lowest BCUT2D eigenvalue weighted by molar-refractivity contribution is -0.151. The van der Waals surface area contributed by atoms with Gasteiger partial charge in [0.2, 0.25) is 0 Å². The number of epoxide rings is 1. The number of allylic oxidation sites excluding steroid dienone is 3. The highest BCUT2D eigenvalue weighted by atomic mass is 16.6. The summed E-state index contributed by atoms with van der Waals surface area (Å²) in [4.78, 5) is 27.2. The molecule has 10 atom stereocenters. The third-order valence-electron chi connectivity index (χ3n) is 8.84. The van der Waals surface area contributed by atoms with Gasteiger partial charge in [-0.1, -0.05) is 52.0 Å². The fourth-order valence-electron chi connectivity index (χ4n) is 5.72. The molecule has 0 aliphatic carbocycles. The van der Waals surface area contributed by atoms with Gasteiger partial charge in [-0.15, -0.1) is 0 Å². The first-order valence-electron chi connectivity index (χ1n) is 15.8. The van der Waals surface area contributed by atoms with Crippen LogP contribution in [0.2, 0.25) is 0 Å². The van der Waals surface area contributed by atoms with Crippen LogP contribution in [0, 0.1) is 17.8 Å². The second-order valence-corrected chi connectivity index (χ2v) is 12.8. The summed E-state index contributed by atoms with van der Waals surface area (Å²) in [6.07, 6.45) is 7.82. The summed E-state index contributed by atoms with van der Waals surface area (Å²) in [6, 6.07) is 0. The Morgan fingerprint density at radius 3 is 2.63 bits per heavy atom. The number of carbonyl (C=O) groups is 2. The van der Waals surface area contributed by atoms with Gasteiger partial charge in [-0.2, -0.15) is 0 Å².